The number of hydrogen-bond donors (Lipinski definition) is 1. The smallest absolute Gasteiger partial charge is 0.251 e. The number of aliphatic imine (C=N–C) groups is 1. The van der Waals surface area contributed by atoms with Crippen molar-refractivity contribution in [3.05, 3.63) is 107 Å². The second-order valence-corrected chi connectivity index (χ2v) is 9.33. The molecule has 30 heavy (non-hydrogen) atoms. The molecule has 0 aromatic heterocycles. The summed E-state index contributed by atoms with van der Waals surface area (Å²) in [4.78, 5) is 17.6. The average molecular weight is 433 g/mol. The van der Waals surface area contributed by atoms with Gasteiger partial charge in [0.05, 0.1) is 6.54 Å². The lowest BCUT2D eigenvalue weighted by atomic mass is 9.91. The first-order chi connectivity index (χ1) is 14.8. The van der Waals surface area contributed by atoms with E-state index >= 15 is 0 Å². The zero-order valence-electron chi connectivity index (χ0n) is 16.7. The van der Waals surface area contributed by atoms with Gasteiger partial charge in [-0.05, 0) is 22.8 Å². The highest BCUT2D eigenvalue weighted by Gasteiger charge is 2.18. The summed E-state index contributed by atoms with van der Waals surface area (Å²) in [6.07, 6.45) is 0. The molecule has 3 aromatic carbocycles. The fourth-order valence-corrected chi connectivity index (χ4v) is 5.51. The van der Waals surface area contributed by atoms with Crippen molar-refractivity contribution in [3.8, 4) is 0 Å². The van der Waals surface area contributed by atoms with Crippen molar-refractivity contribution in [2.75, 3.05) is 18.8 Å². The van der Waals surface area contributed by atoms with E-state index in [-0.39, 0.29) is 11.8 Å². The van der Waals surface area contributed by atoms with E-state index in [0.717, 1.165) is 33.6 Å². The highest BCUT2D eigenvalue weighted by molar-refractivity contribution is 8.38. The molecular formula is C25H24N2OS2. The van der Waals surface area contributed by atoms with E-state index in [1.165, 1.54) is 11.1 Å². The second kappa shape index (κ2) is 10.5. The zero-order chi connectivity index (χ0) is 20.6. The minimum absolute atomic E-state index is 0.0240. The molecule has 1 amide bonds. The van der Waals surface area contributed by atoms with E-state index in [0.29, 0.717) is 6.54 Å². The third-order valence-corrected chi connectivity index (χ3v) is 7.34. The molecule has 1 heterocycles. The first kappa shape index (κ1) is 20.8. The molecule has 0 radical (unpaired) electrons. The topological polar surface area (TPSA) is 41.5 Å². The molecule has 0 bridgehead atoms. The van der Waals surface area contributed by atoms with Gasteiger partial charge in [0.1, 0.15) is 4.38 Å². The summed E-state index contributed by atoms with van der Waals surface area (Å²) in [5.74, 6) is 1.91. The van der Waals surface area contributed by atoms with E-state index in [1.54, 1.807) is 23.5 Å². The van der Waals surface area contributed by atoms with Crippen LogP contribution in [0.5, 0.6) is 0 Å². The van der Waals surface area contributed by atoms with Crippen molar-refractivity contribution in [2.24, 2.45) is 4.99 Å². The number of carbonyl (C=O) groups excluding carboxylic acids is 1. The van der Waals surface area contributed by atoms with Crippen LogP contribution in [-0.4, -0.2) is 29.1 Å². The molecular weight excluding hydrogens is 408 g/mol. The van der Waals surface area contributed by atoms with Crippen LogP contribution in [0.25, 0.3) is 0 Å². The largest absolute Gasteiger partial charge is 0.351 e. The van der Waals surface area contributed by atoms with Crippen LogP contribution in [-0.2, 0) is 5.75 Å². The number of amides is 1. The monoisotopic (exact) mass is 432 g/mol. The van der Waals surface area contributed by atoms with Crippen LogP contribution in [0.1, 0.15) is 33.0 Å². The molecule has 0 aliphatic carbocycles. The lowest BCUT2D eigenvalue weighted by Gasteiger charge is -2.19. The Hall–Kier alpha value is -2.50. The Morgan fingerprint density at radius 1 is 0.933 bits per heavy atom. The molecule has 3 nitrogen and oxygen atoms in total. The highest BCUT2D eigenvalue weighted by atomic mass is 32.2. The molecule has 3 aromatic rings. The van der Waals surface area contributed by atoms with Gasteiger partial charge in [0, 0.05) is 29.5 Å². The lowest BCUT2D eigenvalue weighted by Crippen LogP contribution is -2.29. The molecule has 5 heteroatoms. The van der Waals surface area contributed by atoms with Crippen LogP contribution in [0.15, 0.2) is 89.9 Å². The molecule has 4 rings (SSSR count). The van der Waals surface area contributed by atoms with Gasteiger partial charge in [-0.2, -0.15) is 0 Å². The van der Waals surface area contributed by atoms with Crippen LogP contribution in [0.3, 0.4) is 0 Å². The van der Waals surface area contributed by atoms with Crippen molar-refractivity contribution < 1.29 is 4.79 Å². The molecule has 1 aliphatic rings. The van der Waals surface area contributed by atoms with E-state index < -0.39 is 0 Å². The SMILES string of the molecule is O=C(NCC(c1ccccc1)c1ccccc1)c1ccccc1CSC1=NCCS1. The Balaban J connectivity index is 1.47. The van der Waals surface area contributed by atoms with Gasteiger partial charge < -0.3 is 5.32 Å². The zero-order valence-corrected chi connectivity index (χ0v) is 18.3. The lowest BCUT2D eigenvalue weighted by molar-refractivity contribution is 0.0951. The Kier molecular flexibility index (Phi) is 7.27. The predicted molar refractivity (Wildman–Crippen MR) is 130 cm³/mol. The fraction of sp³-hybridized carbons (Fsp3) is 0.200. The second-order valence-electron chi connectivity index (χ2n) is 7.03. The third-order valence-electron chi connectivity index (χ3n) is 5.04. The maximum atomic E-state index is 13.1. The van der Waals surface area contributed by atoms with Gasteiger partial charge in [0.2, 0.25) is 0 Å². The fourth-order valence-electron chi connectivity index (χ4n) is 3.50. The van der Waals surface area contributed by atoms with Crippen LogP contribution in [0.4, 0.5) is 0 Å². The molecule has 1 N–H and O–H groups in total. The van der Waals surface area contributed by atoms with Crippen molar-refractivity contribution in [1.29, 1.82) is 0 Å². The van der Waals surface area contributed by atoms with Gasteiger partial charge in [-0.3, -0.25) is 9.79 Å². The van der Waals surface area contributed by atoms with E-state index in [2.05, 4.69) is 34.6 Å². The summed E-state index contributed by atoms with van der Waals surface area (Å²) >= 11 is 3.52. The minimum Gasteiger partial charge on any atom is -0.351 e. The van der Waals surface area contributed by atoms with Gasteiger partial charge in [-0.15, -0.1) is 0 Å². The Morgan fingerprint density at radius 2 is 1.57 bits per heavy atom. The molecule has 152 valence electrons. The first-order valence-corrected chi connectivity index (χ1v) is 12.0. The van der Waals surface area contributed by atoms with Gasteiger partial charge in [0.25, 0.3) is 5.91 Å². The Labute approximate surface area is 186 Å². The molecule has 1 aliphatic heterocycles. The normalized spacial score (nSPS) is 13.3. The van der Waals surface area contributed by atoms with Crippen LogP contribution in [0, 0.1) is 0 Å². The Bertz CT molecular complexity index is 966. The van der Waals surface area contributed by atoms with Crippen molar-refractivity contribution in [3.63, 3.8) is 0 Å². The van der Waals surface area contributed by atoms with Crippen LogP contribution >= 0.6 is 23.5 Å². The molecule has 0 unspecified atom stereocenters. The summed E-state index contributed by atoms with van der Waals surface area (Å²) in [5, 5.41) is 3.18. The van der Waals surface area contributed by atoms with Gasteiger partial charge in [-0.1, -0.05) is 102 Å². The number of benzene rings is 3. The number of thioether (sulfide) groups is 2. The third kappa shape index (κ3) is 5.35. The van der Waals surface area contributed by atoms with Crippen molar-refractivity contribution in [1.82, 2.24) is 5.32 Å². The quantitative estimate of drug-likeness (QED) is 0.529. The first-order valence-electron chi connectivity index (χ1n) is 10.1. The van der Waals surface area contributed by atoms with Crippen LogP contribution in [0.2, 0.25) is 0 Å². The molecule has 0 spiro atoms. The summed E-state index contributed by atoms with van der Waals surface area (Å²) in [6, 6.07) is 28.6. The van der Waals surface area contributed by atoms with E-state index in [9.17, 15) is 4.79 Å². The van der Waals surface area contributed by atoms with Crippen LogP contribution < -0.4 is 5.32 Å². The predicted octanol–water partition coefficient (Wildman–Crippen LogP) is 5.58. The average Bonchev–Trinajstić information content (AvgIpc) is 3.33. The van der Waals surface area contributed by atoms with Gasteiger partial charge >= 0.3 is 0 Å². The summed E-state index contributed by atoms with van der Waals surface area (Å²) in [5.41, 5.74) is 4.19. The van der Waals surface area contributed by atoms with E-state index in [4.69, 9.17) is 0 Å². The minimum atomic E-state index is -0.0240. The summed E-state index contributed by atoms with van der Waals surface area (Å²) in [7, 11) is 0. The Morgan fingerprint density at radius 3 is 2.20 bits per heavy atom. The van der Waals surface area contributed by atoms with Gasteiger partial charge in [0.15, 0.2) is 0 Å². The number of carbonyl (C=O) groups is 1. The number of nitrogens with zero attached hydrogens (tertiary/aromatic N) is 1. The summed E-state index contributed by atoms with van der Waals surface area (Å²) < 4.78 is 1.12. The standard InChI is InChI=1S/C25H24N2OS2/c28-24(22-14-8-7-13-21(22)18-30-25-26-15-16-29-25)27-17-23(19-9-3-1-4-10-19)20-11-5-2-6-12-20/h1-14,23H,15-18H2,(H,27,28). The highest BCUT2D eigenvalue weighted by Crippen LogP contribution is 2.27. The number of rotatable bonds is 7. The molecule has 0 fully saturated rings. The maximum Gasteiger partial charge on any atom is 0.251 e. The number of nitrogens with one attached hydrogen (secondary N) is 1. The van der Waals surface area contributed by atoms with Crippen molar-refractivity contribution >= 4 is 33.8 Å². The van der Waals surface area contributed by atoms with Gasteiger partial charge in [-0.25, -0.2) is 0 Å². The maximum absolute atomic E-state index is 13.1. The molecule has 0 saturated heterocycles. The van der Waals surface area contributed by atoms with Crippen molar-refractivity contribution in [2.45, 2.75) is 11.7 Å². The molecule has 0 atom stereocenters. The summed E-state index contributed by atoms with van der Waals surface area (Å²) in [6.45, 7) is 1.45. The van der Waals surface area contributed by atoms with E-state index in [1.807, 2.05) is 60.7 Å². The number of hydrogen-bond acceptors (Lipinski definition) is 4. The molecule has 0 saturated carbocycles.